The van der Waals surface area contributed by atoms with Crippen LogP contribution in [0.1, 0.15) is 46.3 Å². The maximum absolute atomic E-state index is 10.7. The molecule has 0 aliphatic carbocycles. The lowest BCUT2D eigenvalue weighted by Gasteiger charge is -2.57. The van der Waals surface area contributed by atoms with E-state index in [0.717, 1.165) is 40.0 Å². The fourth-order valence-electron chi connectivity index (χ4n) is 8.13. The average Bonchev–Trinajstić information content (AvgIpc) is 3.31. The number of likely N-dealkylation sites (N-methyl/N-ethyl adjacent to an activating group) is 1. The molecule has 3 aromatic carbocycles. The molecule has 0 N–H and O–H groups in total. The van der Waals surface area contributed by atoms with Crippen molar-refractivity contribution in [3.05, 3.63) is 88.5 Å². The first kappa shape index (κ1) is 27.9. The molecular formula is C35H38N4O4. The van der Waals surface area contributed by atoms with E-state index in [4.69, 9.17) is 23.9 Å². The van der Waals surface area contributed by atoms with Crippen LogP contribution >= 0.6 is 0 Å². The van der Waals surface area contributed by atoms with Gasteiger partial charge in [-0.05, 0) is 31.5 Å². The maximum atomic E-state index is 10.7. The molecule has 0 unspecified atom stereocenters. The molecular weight excluding hydrogens is 540 g/mol. The molecule has 2 fully saturated rings. The quantitative estimate of drug-likeness (QED) is 0.343. The van der Waals surface area contributed by atoms with Crippen molar-refractivity contribution in [1.29, 1.82) is 5.26 Å². The summed E-state index contributed by atoms with van der Waals surface area (Å²) < 4.78 is 25.5. The van der Waals surface area contributed by atoms with Crippen molar-refractivity contribution >= 4 is 6.21 Å². The van der Waals surface area contributed by atoms with Crippen molar-refractivity contribution in [2.24, 2.45) is 10.9 Å². The van der Waals surface area contributed by atoms with Crippen molar-refractivity contribution in [2.45, 2.75) is 62.8 Å². The number of nitrogens with zero attached hydrogens (tertiary/aromatic N) is 4. The lowest BCUT2D eigenvalue weighted by atomic mass is 9.75. The molecule has 4 aliphatic heterocycles. The molecule has 3 aromatic rings. The molecule has 0 radical (unpaired) electrons. The van der Waals surface area contributed by atoms with E-state index in [1.54, 1.807) is 14.2 Å². The minimum absolute atomic E-state index is 0.00453. The lowest BCUT2D eigenvalue weighted by molar-refractivity contribution is -0.0734. The van der Waals surface area contributed by atoms with E-state index in [1.165, 1.54) is 0 Å². The molecule has 2 bridgehead atoms. The molecule has 7 rings (SSSR count). The molecule has 4 heterocycles. The number of hydrogen-bond acceptors (Lipinski definition) is 8. The van der Waals surface area contributed by atoms with Crippen LogP contribution in [0.2, 0.25) is 0 Å². The molecule has 8 nitrogen and oxygen atoms in total. The van der Waals surface area contributed by atoms with Crippen molar-refractivity contribution in [3.8, 4) is 23.3 Å². The summed E-state index contributed by atoms with van der Waals surface area (Å²) in [6, 6.07) is 22.6. The van der Waals surface area contributed by atoms with Crippen LogP contribution in [0.3, 0.4) is 0 Å². The number of fused-ring (bicyclic) bond motifs is 3. The number of rotatable bonds is 9. The standard InChI is InChI=1S/C35H38N4O4/c1-21-33(40-3)29-28(35(34(21)41-4)43-19-23-13-9-6-10-14-23)27(20-42-18-22-11-7-5-8-12-22)39-26(16-36)25-15-24-17-37-30(29)32(39)31(24)38(25)2/h5-14,17,24-27,30-32H,15,18-20H2,1-4H3/t24-,25+,26+,27+,30-,31-,32+/m1/s1. The fraction of sp³-hybridized carbons (Fsp3) is 0.429. The van der Waals surface area contributed by atoms with Gasteiger partial charge in [-0.3, -0.25) is 14.8 Å². The summed E-state index contributed by atoms with van der Waals surface area (Å²) in [4.78, 5) is 10.1. The molecule has 8 heteroatoms. The van der Waals surface area contributed by atoms with E-state index in [2.05, 4.69) is 53.4 Å². The maximum Gasteiger partial charge on any atom is 0.167 e. The van der Waals surface area contributed by atoms with Crippen LogP contribution in [-0.4, -0.2) is 68.1 Å². The van der Waals surface area contributed by atoms with Crippen molar-refractivity contribution < 1.29 is 18.9 Å². The molecule has 43 heavy (non-hydrogen) atoms. The topological polar surface area (TPSA) is 79.5 Å². The third-order valence-corrected chi connectivity index (χ3v) is 9.90. The van der Waals surface area contributed by atoms with Gasteiger partial charge < -0.3 is 18.9 Å². The Balaban J connectivity index is 1.41. The Morgan fingerprint density at radius 1 is 0.884 bits per heavy atom. The highest BCUT2D eigenvalue weighted by Crippen LogP contribution is 2.60. The molecule has 4 aliphatic rings. The van der Waals surface area contributed by atoms with Crippen LogP contribution in [0.25, 0.3) is 0 Å². The number of methoxy groups -OCH3 is 2. The van der Waals surface area contributed by atoms with Gasteiger partial charge in [-0.1, -0.05) is 60.7 Å². The van der Waals surface area contributed by atoms with Gasteiger partial charge in [0.1, 0.15) is 18.4 Å². The van der Waals surface area contributed by atoms with Crippen molar-refractivity contribution in [2.75, 3.05) is 27.9 Å². The minimum Gasteiger partial charge on any atom is -0.496 e. The second kappa shape index (κ2) is 11.3. The van der Waals surface area contributed by atoms with E-state index in [1.807, 2.05) is 43.3 Å². The van der Waals surface area contributed by atoms with Gasteiger partial charge in [0.25, 0.3) is 0 Å². The van der Waals surface area contributed by atoms with Crippen LogP contribution in [0.4, 0.5) is 0 Å². The summed E-state index contributed by atoms with van der Waals surface area (Å²) >= 11 is 0. The molecule has 0 saturated carbocycles. The van der Waals surface area contributed by atoms with E-state index in [9.17, 15) is 5.26 Å². The third-order valence-electron chi connectivity index (χ3n) is 9.90. The van der Waals surface area contributed by atoms with Gasteiger partial charge in [-0.2, -0.15) is 5.26 Å². The predicted molar refractivity (Wildman–Crippen MR) is 164 cm³/mol. The zero-order valence-electron chi connectivity index (χ0n) is 25.1. The van der Waals surface area contributed by atoms with Crippen LogP contribution in [0, 0.1) is 24.2 Å². The van der Waals surface area contributed by atoms with E-state index >= 15 is 0 Å². The Hall–Kier alpha value is -3.90. The van der Waals surface area contributed by atoms with E-state index < -0.39 is 0 Å². The Kier molecular flexibility index (Phi) is 7.34. The van der Waals surface area contributed by atoms with Gasteiger partial charge in [0, 0.05) is 40.9 Å². The first-order valence-corrected chi connectivity index (χ1v) is 15.1. The third kappa shape index (κ3) is 4.41. The van der Waals surface area contributed by atoms with Crippen molar-refractivity contribution in [3.63, 3.8) is 0 Å². The average molecular weight is 579 g/mol. The summed E-state index contributed by atoms with van der Waals surface area (Å²) in [6.07, 6.45) is 3.06. The van der Waals surface area contributed by atoms with Gasteiger partial charge in [-0.25, -0.2) is 0 Å². The van der Waals surface area contributed by atoms with Gasteiger partial charge in [0.15, 0.2) is 11.5 Å². The summed E-state index contributed by atoms with van der Waals surface area (Å²) in [5, 5.41) is 10.7. The Morgan fingerprint density at radius 3 is 2.21 bits per heavy atom. The zero-order chi connectivity index (χ0) is 29.7. The minimum atomic E-state index is -0.320. The highest BCUT2D eigenvalue weighted by Gasteiger charge is 2.62. The summed E-state index contributed by atoms with van der Waals surface area (Å²) in [6.45, 7) is 3.26. The first-order valence-electron chi connectivity index (χ1n) is 15.1. The van der Waals surface area contributed by atoms with Gasteiger partial charge in [-0.15, -0.1) is 0 Å². The Morgan fingerprint density at radius 2 is 1.56 bits per heavy atom. The molecule has 7 atom stereocenters. The number of benzene rings is 3. The molecule has 2 saturated heterocycles. The van der Waals surface area contributed by atoms with Gasteiger partial charge in [0.2, 0.25) is 0 Å². The number of aliphatic imine (C=N–C) groups is 1. The number of nitriles is 1. The number of piperazine rings is 1. The second-order valence-electron chi connectivity index (χ2n) is 12.0. The normalized spacial score (nSPS) is 28.7. The van der Waals surface area contributed by atoms with E-state index in [0.29, 0.717) is 37.2 Å². The largest absolute Gasteiger partial charge is 0.496 e. The summed E-state index contributed by atoms with van der Waals surface area (Å²) in [7, 11) is 5.56. The van der Waals surface area contributed by atoms with Crippen LogP contribution < -0.4 is 14.2 Å². The Bertz CT molecular complexity index is 1560. The van der Waals surface area contributed by atoms with Crippen LogP contribution in [0.5, 0.6) is 17.2 Å². The predicted octanol–water partition coefficient (Wildman–Crippen LogP) is 5.25. The van der Waals surface area contributed by atoms with Gasteiger partial charge in [0.05, 0.1) is 51.6 Å². The van der Waals surface area contributed by atoms with Crippen LogP contribution in [-0.2, 0) is 18.0 Å². The lowest BCUT2D eigenvalue weighted by Crippen LogP contribution is -2.68. The second-order valence-corrected chi connectivity index (χ2v) is 12.0. The monoisotopic (exact) mass is 578 g/mol. The molecule has 222 valence electrons. The number of hydrogen-bond donors (Lipinski definition) is 0. The molecule has 0 amide bonds. The zero-order valence-corrected chi connectivity index (χ0v) is 25.1. The molecule has 0 aromatic heterocycles. The van der Waals surface area contributed by atoms with Crippen molar-refractivity contribution in [1.82, 2.24) is 9.80 Å². The van der Waals surface area contributed by atoms with Gasteiger partial charge >= 0.3 is 0 Å². The summed E-state index contributed by atoms with van der Waals surface area (Å²) in [5.41, 5.74) is 5.01. The highest BCUT2D eigenvalue weighted by molar-refractivity contribution is 5.71. The fourth-order valence-corrected chi connectivity index (χ4v) is 8.13. The number of ether oxygens (including phenoxy) is 4. The summed E-state index contributed by atoms with van der Waals surface area (Å²) in [5.74, 6) is 2.39. The van der Waals surface area contributed by atoms with E-state index in [-0.39, 0.29) is 36.3 Å². The SMILES string of the molecule is COc1c(C)c(OC)c2c(c1OCc1ccccc1)[C@H](COCc1ccccc1)N1[C@@H]3[C@H]4[C@@H](C=N[C@H]23)C[C@@H]([C@@H]1C#N)N4C. The smallest absolute Gasteiger partial charge is 0.167 e. The Labute approximate surface area is 253 Å². The molecule has 0 spiro atoms. The van der Waals surface area contributed by atoms with Crippen LogP contribution in [0.15, 0.2) is 65.7 Å². The highest BCUT2D eigenvalue weighted by atomic mass is 16.5. The first-order chi connectivity index (χ1) is 21.1.